The number of hydrogen-bond donors (Lipinski definition) is 2. The Balaban J connectivity index is 0.796. The minimum absolute atomic E-state index is 0.0404. The Kier molecular flexibility index (Phi) is 20.1. The molecule has 2 heterocycles. The molecule has 2 aromatic carbocycles. The zero-order chi connectivity index (χ0) is 42.4. The van der Waals surface area contributed by atoms with Crippen molar-refractivity contribution in [2.45, 2.75) is 180 Å². The van der Waals surface area contributed by atoms with Crippen LogP contribution in [0.15, 0.2) is 67.0 Å². The maximum atomic E-state index is 12.8. The van der Waals surface area contributed by atoms with Crippen molar-refractivity contribution in [3.05, 3.63) is 80.5 Å². The third kappa shape index (κ3) is 16.5. The smallest absolute Gasteiger partial charge is 0.336 e. The second-order valence-corrected chi connectivity index (χ2v) is 17.0. The van der Waals surface area contributed by atoms with Gasteiger partial charge in [0.25, 0.3) is 0 Å². The fourth-order valence-corrected chi connectivity index (χ4v) is 8.45. The first-order chi connectivity index (χ1) is 29.2. The molecule has 0 spiro atoms. The van der Waals surface area contributed by atoms with E-state index in [1.807, 2.05) is 38.1 Å². The number of amides is 2. The summed E-state index contributed by atoms with van der Waals surface area (Å²) >= 11 is 0. The number of ether oxygens (including phenoxy) is 2. The van der Waals surface area contributed by atoms with Gasteiger partial charge in [-0.15, -0.1) is 0 Å². The van der Waals surface area contributed by atoms with Crippen molar-refractivity contribution in [3.8, 4) is 11.5 Å². The Hall–Kier alpha value is -4.60. The van der Waals surface area contributed by atoms with Gasteiger partial charge < -0.3 is 28.9 Å². The van der Waals surface area contributed by atoms with Crippen LogP contribution in [0.25, 0.3) is 21.9 Å². The van der Waals surface area contributed by atoms with Crippen LogP contribution >= 0.6 is 0 Å². The number of benzene rings is 2. The summed E-state index contributed by atoms with van der Waals surface area (Å²) in [5.74, 6) is 1.70. The third-order valence-corrected chi connectivity index (χ3v) is 11.9. The van der Waals surface area contributed by atoms with Gasteiger partial charge in [0.05, 0.1) is 13.2 Å². The highest BCUT2D eigenvalue weighted by atomic mass is 16.5. The molecule has 0 unspecified atom stereocenters. The number of unbranched alkanes of at least 4 members (excludes halogenated alkanes) is 16. The van der Waals surface area contributed by atoms with E-state index in [1.54, 1.807) is 12.1 Å². The number of nitrogens with one attached hydrogen (secondary N) is 2. The first-order valence-corrected chi connectivity index (χ1v) is 23.2. The minimum Gasteiger partial charge on any atom is -0.493 e. The molecule has 2 N–H and O–H groups in total. The summed E-state index contributed by atoms with van der Waals surface area (Å²) in [6.45, 7) is 5.12. The van der Waals surface area contributed by atoms with E-state index < -0.39 is 0 Å². The molecule has 1 saturated carbocycles. The van der Waals surface area contributed by atoms with E-state index in [2.05, 4.69) is 10.6 Å². The van der Waals surface area contributed by atoms with Crippen LogP contribution in [0.5, 0.6) is 11.5 Å². The molecule has 5 rings (SSSR count). The number of aryl methyl sites for hydroxylation is 2. The molecule has 0 aliphatic heterocycles. The first-order valence-electron chi connectivity index (χ1n) is 23.2. The average Bonchev–Trinajstić information content (AvgIpc) is 3.22. The Morgan fingerprint density at radius 1 is 0.517 bits per heavy atom. The number of rotatable bonds is 28. The van der Waals surface area contributed by atoms with E-state index in [0.717, 1.165) is 123 Å². The quantitative estimate of drug-likeness (QED) is 0.0426. The van der Waals surface area contributed by atoms with Gasteiger partial charge >= 0.3 is 11.3 Å². The van der Waals surface area contributed by atoms with E-state index in [0.29, 0.717) is 37.2 Å². The first kappa shape index (κ1) is 46.5. The molecule has 10 nitrogen and oxygen atoms in total. The van der Waals surface area contributed by atoms with Crippen LogP contribution in [0.3, 0.4) is 0 Å². The van der Waals surface area contributed by atoms with Crippen molar-refractivity contribution in [1.82, 2.24) is 10.6 Å². The topological polar surface area (TPSA) is 137 Å². The van der Waals surface area contributed by atoms with Gasteiger partial charge in [0, 0.05) is 60.0 Å². The summed E-state index contributed by atoms with van der Waals surface area (Å²) in [6.07, 6.45) is 25.4. The fraction of sp³-hybridized carbons (Fsp3) is 0.600. The van der Waals surface area contributed by atoms with Crippen LogP contribution in [0.1, 0.15) is 165 Å². The fourth-order valence-electron chi connectivity index (χ4n) is 8.45. The Labute approximate surface area is 356 Å². The van der Waals surface area contributed by atoms with E-state index in [-0.39, 0.29) is 35.1 Å². The molecule has 1 aliphatic carbocycles. The van der Waals surface area contributed by atoms with Gasteiger partial charge in [-0.05, 0) is 87.8 Å². The van der Waals surface area contributed by atoms with Crippen LogP contribution in [0, 0.1) is 13.8 Å². The largest absolute Gasteiger partial charge is 0.493 e. The summed E-state index contributed by atoms with van der Waals surface area (Å²) in [5.41, 5.74) is 2.28. The van der Waals surface area contributed by atoms with Crippen molar-refractivity contribution in [1.29, 1.82) is 0 Å². The van der Waals surface area contributed by atoms with Gasteiger partial charge in [-0.25, -0.2) is 9.59 Å². The summed E-state index contributed by atoms with van der Waals surface area (Å²) in [7, 11) is 0. The van der Waals surface area contributed by atoms with Gasteiger partial charge in [0.1, 0.15) is 22.7 Å². The molecule has 2 aromatic heterocycles. The number of carbonyl (C=O) groups is 2. The second-order valence-electron chi connectivity index (χ2n) is 17.0. The van der Waals surface area contributed by atoms with Crippen molar-refractivity contribution >= 4 is 33.8 Å². The Morgan fingerprint density at radius 3 is 1.25 bits per heavy atom. The Morgan fingerprint density at radius 2 is 0.867 bits per heavy atom. The predicted octanol–water partition coefficient (Wildman–Crippen LogP) is 11.3. The number of fused-ring (bicyclic) bond motifs is 2. The lowest BCUT2D eigenvalue weighted by Gasteiger charge is -2.33. The summed E-state index contributed by atoms with van der Waals surface area (Å²) < 4.78 is 22.4. The molecule has 4 aromatic rings. The summed E-state index contributed by atoms with van der Waals surface area (Å²) in [6, 6.07) is 14.5. The second kappa shape index (κ2) is 25.9. The van der Waals surface area contributed by atoms with Gasteiger partial charge in [0.15, 0.2) is 0 Å². The maximum absolute atomic E-state index is 12.8. The highest BCUT2D eigenvalue weighted by molar-refractivity contribution is 5.82. The van der Waals surface area contributed by atoms with Crippen molar-refractivity contribution in [2.24, 2.45) is 0 Å². The predicted molar refractivity (Wildman–Crippen MR) is 240 cm³/mol. The lowest BCUT2D eigenvalue weighted by atomic mass is 9.90. The van der Waals surface area contributed by atoms with Gasteiger partial charge in [-0.1, -0.05) is 103 Å². The lowest BCUT2D eigenvalue weighted by Crippen LogP contribution is -2.53. The normalized spacial score (nSPS) is 15.3. The van der Waals surface area contributed by atoms with Crippen LogP contribution in [0.4, 0.5) is 0 Å². The van der Waals surface area contributed by atoms with Crippen molar-refractivity contribution in [2.75, 3.05) is 13.2 Å². The molecule has 1 fully saturated rings. The van der Waals surface area contributed by atoms with Crippen molar-refractivity contribution in [3.63, 3.8) is 0 Å². The van der Waals surface area contributed by atoms with E-state index >= 15 is 0 Å². The molecule has 0 radical (unpaired) electrons. The summed E-state index contributed by atoms with van der Waals surface area (Å²) in [4.78, 5) is 48.9. The lowest BCUT2D eigenvalue weighted by molar-refractivity contribution is -0.125. The van der Waals surface area contributed by atoms with Crippen LogP contribution < -0.4 is 31.4 Å². The molecule has 0 saturated heterocycles. The molecule has 1 aliphatic rings. The van der Waals surface area contributed by atoms with E-state index in [1.165, 1.54) is 63.5 Å². The molecule has 328 valence electrons. The zero-order valence-corrected chi connectivity index (χ0v) is 36.4. The average molecular weight is 827 g/mol. The number of carbonyl (C=O) groups excluding carboxylic acids is 2. The van der Waals surface area contributed by atoms with Gasteiger partial charge in [0.2, 0.25) is 11.8 Å². The molecule has 2 amide bonds. The SMILES string of the molecule is Cc1cc(=O)oc2cc(OCCCCCCCCCCCC(=O)N[C@@H]3CCCC[C@H]3NC(=O)CCCCCCCCCCCOc3ccc4c(C)cc(=O)oc4c3)ccc12. The zero-order valence-electron chi connectivity index (χ0n) is 36.4. The van der Waals surface area contributed by atoms with E-state index in [9.17, 15) is 19.2 Å². The minimum atomic E-state index is -0.337. The molecular weight excluding hydrogens is 757 g/mol. The van der Waals surface area contributed by atoms with Crippen LogP contribution in [0.2, 0.25) is 0 Å². The van der Waals surface area contributed by atoms with Crippen LogP contribution in [-0.2, 0) is 9.59 Å². The third-order valence-electron chi connectivity index (χ3n) is 11.9. The van der Waals surface area contributed by atoms with Gasteiger partial charge in [-0.2, -0.15) is 0 Å². The molecule has 60 heavy (non-hydrogen) atoms. The van der Waals surface area contributed by atoms with Crippen LogP contribution in [-0.4, -0.2) is 37.1 Å². The maximum Gasteiger partial charge on any atom is 0.336 e. The molecule has 2 atom stereocenters. The molecular formula is C50H70N2O8. The highest BCUT2D eigenvalue weighted by Crippen LogP contribution is 2.25. The summed E-state index contributed by atoms with van der Waals surface area (Å²) in [5, 5.41) is 8.38. The standard InChI is InChI=1S/C50H70N2O8/c1-37-33-49(55)59-45-35-39(27-29-41(37)45)57-31-21-15-11-7-3-5-9-13-17-25-47(53)51-43-23-19-20-24-44(43)52-48(54)26-18-14-10-6-4-8-12-16-22-32-58-40-28-30-42-38(2)34-50(56)60-46(42)36-40/h27-30,33-36,43-44H,3-26,31-32H2,1-2H3,(H,51,53)(H,52,54)/t43-,44-/m1/s1. The van der Waals surface area contributed by atoms with E-state index in [4.69, 9.17) is 18.3 Å². The number of hydrogen-bond acceptors (Lipinski definition) is 8. The van der Waals surface area contributed by atoms with Crippen molar-refractivity contribution < 1.29 is 27.9 Å². The monoisotopic (exact) mass is 827 g/mol. The Bertz CT molecular complexity index is 1890. The molecule has 0 bridgehead atoms. The molecule has 10 heteroatoms. The van der Waals surface area contributed by atoms with Gasteiger partial charge in [-0.3, -0.25) is 9.59 Å². The highest BCUT2D eigenvalue weighted by Gasteiger charge is 2.27.